The predicted molar refractivity (Wildman–Crippen MR) is 116 cm³/mol. The number of nitrogens with zero attached hydrogens (tertiary/aromatic N) is 6. The lowest BCUT2D eigenvalue weighted by Crippen LogP contribution is -2.18. The van der Waals surface area contributed by atoms with Crippen LogP contribution in [-0.4, -0.2) is 36.5 Å². The van der Waals surface area contributed by atoms with Gasteiger partial charge in [0, 0.05) is 23.5 Å². The van der Waals surface area contributed by atoms with Crippen LogP contribution in [0.3, 0.4) is 0 Å². The summed E-state index contributed by atoms with van der Waals surface area (Å²) >= 11 is 0. The Bertz CT molecular complexity index is 1220. The molecule has 8 nitrogen and oxygen atoms in total. The molecular weight excluding hydrogens is 378 g/mol. The van der Waals surface area contributed by atoms with Crippen molar-refractivity contribution in [3.63, 3.8) is 0 Å². The summed E-state index contributed by atoms with van der Waals surface area (Å²) < 4.78 is 9.24. The van der Waals surface area contributed by atoms with E-state index in [1.165, 1.54) is 17.7 Å². The molecule has 0 spiro atoms. The number of hydrogen-bond donors (Lipinski definition) is 1. The van der Waals surface area contributed by atoms with E-state index >= 15 is 0 Å². The van der Waals surface area contributed by atoms with Gasteiger partial charge in [-0.25, -0.2) is 9.97 Å². The predicted octanol–water partition coefficient (Wildman–Crippen LogP) is 3.38. The average molecular weight is 406 g/mol. The number of ether oxygens (including phenoxy) is 1. The highest BCUT2D eigenvalue weighted by atomic mass is 16.5. The fraction of sp³-hybridized carbons (Fsp3) is 0.455. The molecule has 0 saturated carbocycles. The van der Waals surface area contributed by atoms with Crippen LogP contribution in [0.4, 0.5) is 5.95 Å². The molecule has 1 aliphatic rings. The van der Waals surface area contributed by atoms with Gasteiger partial charge in [-0.1, -0.05) is 6.07 Å². The van der Waals surface area contributed by atoms with Crippen LogP contribution >= 0.6 is 0 Å². The molecule has 0 radical (unpaired) electrons. The topological polar surface area (TPSA) is 96.1 Å². The maximum atomic E-state index is 6.16. The van der Waals surface area contributed by atoms with Crippen LogP contribution in [0.15, 0.2) is 24.4 Å². The second kappa shape index (κ2) is 7.27. The monoisotopic (exact) mass is 405 g/mol. The Morgan fingerprint density at radius 1 is 1.27 bits per heavy atom. The summed E-state index contributed by atoms with van der Waals surface area (Å²) in [5.74, 6) is 2.44. The van der Waals surface area contributed by atoms with E-state index in [-0.39, 0.29) is 0 Å². The number of aromatic nitrogens is 6. The first kappa shape index (κ1) is 18.8. The molecule has 0 fully saturated rings. The van der Waals surface area contributed by atoms with Gasteiger partial charge in [0.25, 0.3) is 0 Å². The Kier molecular flexibility index (Phi) is 4.56. The smallest absolute Gasteiger partial charge is 0.223 e. The minimum absolute atomic E-state index is 0.323. The fourth-order valence-corrected chi connectivity index (χ4v) is 4.59. The van der Waals surface area contributed by atoms with Crippen LogP contribution in [0.1, 0.15) is 49.8 Å². The van der Waals surface area contributed by atoms with Crippen LogP contribution in [0.25, 0.3) is 16.6 Å². The molecule has 8 heteroatoms. The molecule has 3 aromatic heterocycles. The van der Waals surface area contributed by atoms with Gasteiger partial charge in [-0.2, -0.15) is 9.61 Å². The zero-order chi connectivity index (χ0) is 20.8. The van der Waals surface area contributed by atoms with Crippen molar-refractivity contribution in [1.82, 2.24) is 29.4 Å². The Morgan fingerprint density at radius 3 is 2.93 bits per heavy atom. The van der Waals surface area contributed by atoms with Gasteiger partial charge in [-0.3, -0.25) is 4.68 Å². The van der Waals surface area contributed by atoms with Crippen molar-refractivity contribution in [3.8, 4) is 5.75 Å². The van der Waals surface area contributed by atoms with E-state index in [2.05, 4.69) is 39.9 Å². The van der Waals surface area contributed by atoms with Gasteiger partial charge in [0.1, 0.15) is 11.3 Å². The summed E-state index contributed by atoms with van der Waals surface area (Å²) in [5.41, 5.74) is 10.4. The van der Waals surface area contributed by atoms with Crippen LogP contribution in [0, 0.1) is 5.92 Å². The first-order chi connectivity index (χ1) is 14.5. The molecule has 5 rings (SSSR count). The molecule has 0 aliphatic heterocycles. The first-order valence-electron chi connectivity index (χ1n) is 10.6. The minimum atomic E-state index is 0.323. The number of nitrogens with two attached hydrogens (primary N) is 1. The van der Waals surface area contributed by atoms with Gasteiger partial charge in [-0.05, 0) is 63.1 Å². The SMILES string of the molecule is COc1cccc2c1nc(N)n1nc(CCC3CCc4c(cnn4C(C)C)C3)nc21. The number of methoxy groups -OCH3 is 1. The summed E-state index contributed by atoms with van der Waals surface area (Å²) in [5, 5.41) is 10.1. The number of anilines is 1. The Hall–Kier alpha value is -3.16. The molecule has 30 heavy (non-hydrogen) atoms. The third kappa shape index (κ3) is 3.07. The first-order valence-corrected chi connectivity index (χ1v) is 10.6. The number of aryl methyl sites for hydroxylation is 1. The molecule has 1 aliphatic carbocycles. The van der Waals surface area contributed by atoms with Crippen LogP contribution in [-0.2, 0) is 19.3 Å². The van der Waals surface area contributed by atoms with Gasteiger partial charge >= 0.3 is 0 Å². The molecule has 4 aromatic rings. The number of benzene rings is 1. The standard InChI is InChI=1S/C22H27N7O/c1-13(2)28-17-9-7-14(11-15(17)12-24-28)8-10-19-25-21-16-5-4-6-18(30-3)20(16)26-22(23)29(21)27-19/h4-6,12-14H,7-11H2,1-3H3,(H2,23,26). The van der Waals surface area contributed by atoms with Crippen LogP contribution in [0.5, 0.6) is 5.75 Å². The van der Waals surface area contributed by atoms with Crippen molar-refractivity contribution in [2.75, 3.05) is 12.8 Å². The van der Waals surface area contributed by atoms with Gasteiger partial charge in [0.05, 0.1) is 13.3 Å². The lowest BCUT2D eigenvalue weighted by atomic mass is 9.84. The molecule has 0 saturated heterocycles. The van der Waals surface area contributed by atoms with Crippen molar-refractivity contribution >= 4 is 22.5 Å². The van der Waals surface area contributed by atoms with E-state index in [0.717, 1.165) is 42.5 Å². The zero-order valence-corrected chi connectivity index (χ0v) is 17.7. The molecule has 1 unspecified atom stereocenters. The van der Waals surface area contributed by atoms with E-state index in [1.807, 2.05) is 18.2 Å². The second-order valence-electron chi connectivity index (χ2n) is 8.39. The van der Waals surface area contributed by atoms with Gasteiger partial charge in [0.15, 0.2) is 11.5 Å². The van der Waals surface area contributed by atoms with Crippen molar-refractivity contribution < 1.29 is 4.74 Å². The molecular formula is C22H27N7O. The number of para-hydroxylation sites is 1. The van der Waals surface area contributed by atoms with Gasteiger partial charge < -0.3 is 10.5 Å². The summed E-state index contributed by atoms with van der Waals surface area (Å²) in [7, 11) is 1.63. The van der Waals surface area contributed by atoms with Crippen molar-refractivity contribution in [2.45, 2.75) is 52.0 Å². The molecule has 0 amide bonds. The van der Waals surface area contributed by atoms with Crippen molar-refractivity contribution in [1.29, 1.82) is 0 Å². The van der Waals surface area contributed by atoms with E-state index < -0.39 is 0 Å². The maximum Gasteiger partial charge on any atom is 0.223 e. The highest BCUT2D eigenvalue weighted by Crippen LogP contribution is 2.30. The number of nitrogen functional groups attached to an aromatic ring is 1. The quantitative estimate of drug-likeness (QED) is 0.547. The van der Waals surface area contributed by atoms with E-state index in [4.69, 9.17) is 15.5 Å². The van der Waals surface area contributed by atoms with Gasteiger partial charge in [0.2, 0.25) is 5.95 Å². The number of hydrogen-bond acceptors (Lipinski definition) is 6. The molecule has 3 heterocycles. The number of fused-ring (bicyclic) bond motifs is 4. The summed E-state index contributed by atoms with van der Waals surface area (Å²) in [4.78, 5) is 9.28. The Morgan fingerprint density at radius 2 is 2.13 bits per heavy atom. The lowest BCUT2D eigenvalue weighted by Gasteiger charge is -2.23. The summed E-state index contributed by atoms with van der Waals surface area (Å²) in [6, 6.07) is 6.21. The highest BCUT2D eigenvalue weighted by Gasteiger charge is 2.24. The van der Waals surface area contributed by atoms with Crippen molar-refractivity contribution in [3.05, 3.63) is 41.5 Å². The van der Waals surface area contributed by atoms with Crippen LogP contribution in [0.2, 0.25) is 0 Å². The molecule has 1 aromatic carbocycles. The molecule has 2 N–H and O–H groups in total. The third-order valence-corrected chi connectivity index (χ3v) is 6.10. The van der Waals surface area contributed by atoms with E-state index in [0.29, 0.717) is 29.2 Å². The largest absolute Gasteiger partial charge is 0.494 e. The van der Waals surface area contributed by atoms with Crippen molar-refractivity contribution in [2.24, 2.45) is 5.92 Å². The normalized spacial score (nSPS) is 16.5. The van der Waals surface area contributed by atoms with Gasteiger partial charge in [-0.15, -0.1) is 5.10 Å². The molecule has 0 bridgehead atoms. The third-order valence-electron chi connectivity index (χ3n) is 6.10. The Labute approximate surface area is 175 Å². The van der Waals surface area contributed by atoms with E-state index in [9.17, 15) is 0 Å². The summed E-state index contributed by atoms with van der Waals surface area (Å²) in [6.45, 7) is 4.38. The average Bonchev–Trinajstić information content (AvgIpc) is 3.36. The zero-order valence-electron chi connectivity index (χ0n) is 17.7. The minimum Gasteiger partial charge on any atom is -0.494 e. The Balaban J connectivity index is 1.37. The summed E-state index contributed by atoms with van der Waals surface area (Å²) in [6.07, 6.45) is 7.29. The lowest BCUT2D eigenvalue weighted by molar-refractivity contribution is 0.404. The highest BCUT2D eigenvalue weighted by molar-refractivity contribution is 5.95. The maximum absolute atomic E-state index is 6.16. The molecule has 156 valence electrons. The van der Waals surface area contributed by atoms with Crippen LogP contribution < -0.4 is 10.5 Å². The second-order valence-corrected chi connectivity index (χ2v) is 8.39. The molecule has 1 atom stereocenters. The number of rotatable bonds is 5. The fourth-order valence-electron chi connectivity index (χ4n) is 4.59. The van der Waals surface area contributed by atoms with E-state index in [1.54, 1.807) is 11.6 Å².